The number of pyridine rings is 1. The third-order valence-electron chi connectivity index (χ3n) is 3.80. The van der Waals surface area contributed by atoms with E-state index in [9.17, 15) is 9.59 Å². The van der Waals surface area contributed by atoms with Gasteiger partial charge in [0.05, 0.1) is 22.0 Å². The zero-order valence-corrected chi connectivity index (χ0v) is 15.2. The lowest BCUT2D eigenvalue weighted by molar-refractivity contribution is -0.113. The highest BCUT2D eigenvalue weighted by atomic mass is 35.5. The van der Waals surface area contributed by atoms with Gasteiger partial charge in [-0.05, 0) is 25.1 Å². The minimum Gasteiger partial charge on any atom is -0.324 e. The van der Waals surface area contributed by atoms with Gasteiger partial charge in [-0.1, -0.05) is 41.9 Å². The molecule has 1 aromatic heterocycles. The molecule has 0 radical (unpaired) electrons. The Morgan fingerprint density at radius 1 is 1.16 bits per heavy atom. The van der Waals surface area contributed by atoms with Gasteiger partial charge in [0.15, 0.2) is 0 Å². The van der Waals surface area contributed by atoms with Gasteiger partial charge in [0.2, 0.25) is 5.91 Å². The number of halogens is 1. The maximum absolute atomic E-state index is 12.3. The zero-order valence-electron chi connectivity index (χ0n) is 13.7. The molecule has 2 aromatic carbocycles. The van der Waals surface area contributed by atoms with Crippen LogP contribution in [0.25, 0.3) is 10.9 Å². The number of fused-ring (bicyclic) bond motifs is 1. The minimum absolute atomic E-state index is 0.0600. The number of aromatic nitrogens is 1. The number of carbonyl (C=O) groups is 1. The highest BCUT2D eigenvalue weighted by Crippen LogP contribution is 2.27. The van der Waals surface area contributed by atoms with Gasteiger partial charge in [0.1, 0.15) is 0 Å². The highest BCUT2D eigenvalue weighted by Gasteiger charge is 2.11. The van der Waals surface area contributed by atoms with E-state index in [0.29, 0.717) is 17.3 Å². The smallest absolute Gasteiger partial charge is 0.252 e. The maximum atomic E-state index is 12.3. The first-order valence-electron chi connectivity index (χ1n) is 7.90. The van der Waals surface area contributed by atoms with Gasteiger partial charge < -0.3 is 9.88 Å². The van der Waals surface area contributed by atoms with Crippen LogP contribution in [-0.2, 0) is 11.3 Å². The van der Waals surface area contributed by atoms with Gasteiger partial charge in [-0.2, -0.15) is 0 Å². The molecule has 1 N–H and O–H groups in total. The van der Waals surface area contributed by atoms with Crippen LogP contribution in [0.15, 0.2) is 64.3 Å². The summed E-state index contributed by atoms with van der Waals surface area (Å²) in [6.07, 6.45) is 0. The van der Waals surface area contributed by atoms with E-state index >= 15 is 0 Å². The van der Waals surface area contributed by atoms with Crippen molar-refractivity contribution in [2.24, 2.45) is 0 Å². The molecule has 0 spiro atoms. The minimum atomic E-state index is -0.165. The van der Waals surface area contributed by atoms with Gasteiger partial charge in [-0.25, -0.2) is 0 Å². The summed E-state index contributed by atoms with van der Waals surface area (Å²) in [5.74, 6) is 0.0342. The summed E-state index contributed by atoms with van der Waals surface area (Å²) < 4.78 is 1.73. The van der Waals surface area contributed by atoms with Crippen LogP contribution in [-0.4, -0.2) is 16.2 Å². The van der Waals surface area contributed by atoms with Crippen molar-refractivity contribution in [1.82, 2.24) is 4.57 Å². The number of hydrogen-bond donors (Lipinski definition) is 1. The third kappa shape index (κ3) is 3.89. The van der Waals surface area contributed by atoms with Crippen LogP contribution in [0, 0.1) is 0 Å². The normalized spacial score (nSPS) is 10.8. The SMILES string of the molecule is CCn1c(=O)cc(SCC(=O)Nc2ccccc2Cl)c2ccccc21. The number of para-hydroxylation sites is 2. The second-order valence-electron chi connectivity index (χ2n) is 5.42. The fraction of sp³-hybridized carbons (Fsp3) is 0.158. The Morgan fingerprint density at radius 2 is 1.88 bits per heavy atom. The summed E-state index contributed by atoms with van der Waals surface area (Å²) in [4.78, 5) is 25.3. The Hall–Kier alpha value is -2.24. The lowest BCUT2D eigenvalue weighted by Gasteiger charge is -2.12. The number of thioether (sulfide) groups is 1. The summed E-state index contributed by atoms with van der Waals surface area (Å²) >= 11 is 7.40. The molecule has 1 amide bonds. The van der Waals surface area contributed by atoms with E-state index in [2.05, 4.69) is 5.32 Å². The summed E-state index contributed by atoms with van der Waals surface area (Å²) in [6, 6.07) is 16.4. The average molecular weight is 373 g/mol. The van der Waals surface area contributed by atoms with Crippen LogP contribution in [0.3, 0.4) is 0 Å². The molecule has 0 atom stereocenters. The summed E-state index contributed by atoms with van der Waals surface area (Å²) in [7, 11) is 0. The Bertz CT molecular complexity index is 985. The molecule has 0 saturated carbocycles. The Balaban J connectivity index is 1.81. The van der Waals surface area contributed by atoms with Crippen molar-refractivity contribution in [1.29, 1.82) is 0 Å². The molecule has 1 heterocycles. The first-order chi connectivity index (χ1) is 12.1. The summed E-state index contributed by atoms with van der Waals surface area (Å²) in [6.45, 7) is 2.55. The molecule has 0 bridgehead atoms. The van der Waals surface area contributed by atoms with E-state index < -0.39 is 0 Å². The molecule has 3 aromatic rings. The predicted octanol–water partition coefficient (Wildman–Crippen LogP) is 4.41. The first kappa shape index (κ1) is 17.6. The van der Waals surface area contributed by atoms with Crippen LogP contribution >= 0.6 is 23.4 Å². The van der Waals surface area contributed by atoms with Crippen LogP contribution in [0.5, 0.6) is 0 Å². The molecule has 0 aliphatic rings. The van der Waals surface area contributed by atoms with Gasteiger partial charge >= 0.3 is 0 Å². The van der Waals surface area contributed by atoms with E-state index in [0.717, 1.165) is 15.8 Å². The molecule has 6 heteroatoms. The molecular formula is C19H17ClN2O2S. The molecular weight excluding hydrogens is 356 g/mol. The third-order valence-corrected chi connectivity index (χ3v) is 5.19. The Morgan fingerprint density at radius 3 is 2.64 bits per heavy atom. The molecule has 25 heavy (non-hydrogen) atoms. The lowest BCUT2D eigenvalue weighted by atomic mass is 10.2. The Kier molecular flexibility index (Phi) is 5.46. The van der Waals surface area contributed by atoms with Crippen LogP contribution in [0.1, 0.15) is 6.92 Å². The fourth-order valence-electron chi connectivity index (χ4n) is 2.64. The molecule has 4 nitrogen and oxygen atoms in total. The number of rotatable bonds is 5. The van der Waals surface area contributed by atoms with Crippen LogP contribution in [0.4, 0.5) is 5.69 Å². The van der Waals surface area contributed by atoms with E-state index in [1.165, 1.54) is 11.8 Å². The molecule has 0 unspecified atom stereocenters. The van der Waals surface area contributed by atoms with Gasteiger partial charge in [-0.3, -0.25) is 9.59 Å². The van der Waals surface area contributed by atoms with Crippen molar-refractivity contribution in [2.75, 3.05) is 11.1 Å². The molecule has 0 aliphatic heterocycles. The van der Waals surface area contributed by atoms with Crippen molar-refractivity contribution in [3.63, 3.8) is 0 Å². The number of carbonyl (C=O) groups excluding carboxylic acids is 1. The predicted molar refractivity (Wildman–Crippen MR) is 105 cm³/mol. The largest absolute Gasteiger partial charge is 0.324 e. The number of anilines is 1. The molecule has 0 saturated heterocycles. The van der Waals surface area contributed by atoms with Gasteiger partial charge in [0.25, 0.3) is 5.56 Å². The van der Waals surface area contributed by atoms with Crippen molar-refractivity contribution >= 4 is 45.9 Å². The zero-order chi connectivity index (χ0) is 17.8. The second kappa shape index (κ2) is 7.76. The van der Waals surface area contributed by atoms with Crippen molar-refractivity contribution in [3.8, 4) is 0 Å². The number of nitrogens with one attached hydrogen (secondary N) is 1. The molecule has 0 aliphatic carbocycles. The van der Waals surface area contributed by atoms with Gasteiger partial charge in [-0.15, -0.1) is 11.8 Å². The summed E-state index contributed by atoms with van der Waals surface area (Å²) in [5, 5.41) is 4.26. The average Bonchev–Trinajstić information content (AvgIpc) is 2.62. The summed E-state index contributed by atoms with van der Waals surface area (Å²) in [5.41, 5.74) is 1.41. The van der Waals surface area contributed by atoms with E-state index in [1.54, 1.807) is 22.8 Å². The standard InChI is InChI=1S/C19H17ClN2O2S/c1-2-22-16-10-6-3-7-13(16)17(11-19(22)24)25-12-18(23)21-15-9-5-4-8-14(15)20/h3-11H,2,12H2,1H3,(H,21,23). The maximum Gasteiger partial charge on any atom is 0.252 e. The monoisotopic (exact) mass is 372 g/mol. The number of benzene rings is 2. The fourth-order valence-corrected chi connectivity index (χ4v) is 3.70. The second-order valence-corrected chi connectivity index (χ2v) is 6.85. The van der Waals surface area contributed by atoms with Gasteiger partial charge in [0, 0.05) is 22.9 Å². The van der Waals surface area contributed by atoms with E-state index in [4.69, 9.17) is 11.6 Å². The Labute approximate surface area is 154 Å². The van der Waals surface area contributed by atoms with E-state index in [-0.39, 0.29) is 17.2 Å². The number of aryl methyl sites for hydroxylation is 1. The van der Waals surface area contributed by atoms with Crippen LogP contribution < -0.4 is 10.9 Å². The van der Waals surface area contributed by atoms with Crippen molar-refractivity contribution < 1.29 is 4.79 Å². The number of amides is 1. The number of nitrogens with zero attached hydrogens (tertiary/aromatic N) is 1. The van der Waals surface area contributed by atoms with E-state index in [1.807, 2.05) is 43.3 Å². The van der Waals surface area contributed by atoms with Crippen molar-refractivity contribution in [2.45, 2.75) is 18.4 Å². The highest BCUT2D eigenvalue weighted by molar-refractivity contribution is 8.00. The molecule has 128 valence electrons. The van der Waals surface area contributed by atoms with Crippen LogP contribution in [0.2, 0.25) is 5.02 Å². The quantitative estimate of drug-likeness (QED) is 0.675. The first-order valence-corrected chi connectivity index (χ1v) is 9.26. The molecule has 3 rings (SSSR count). The number of hydrogen-bond acceptors (Lipinski definition) is 3. The van der Waals surface area contributed by atoms with Crippen molar-refractivity contribution in [3.05, 3.63) is 70.0 Å². The lowest BCUT2D eigenvalue weighted by Crippen LogP contribution is -2.19. The molecule has 0 fully saturated rings. The topological polar surface area (TPSA) is 51.1 Å².